The Kier molecular flexibility index (Phi) is 3.66. The van der Waals surface area contributed by atoms with Crippen molar-refractivity contribution >= 4 is 40.5 Å². The van der Waals surface area contributed by atoms with E-state index in [4.69, 9.17) is 23.2 Å². The summed E-state index contributed by atoms with van der Waals surface area (Å²) in [7, 11) is 0. The van der Waals surface area contributed by atoms with Gasteiger partial charge in [0.25, 0.3) is 0 Å². The predicted molar refractivity (Wildman–Crippen MR) is 80.6 cm³/mol. The maximum Gasteiger partial charge on any atom is 0.204 e. The number of fused-ring (bicyclic) bond motifs is 1. The standard InChI is InChI=1S/C15H9Cl2FN2O/c16-11-6-9(4-5-12(11)18)7-20-13-3-1-2-10(8-21)14(13)19-15(20)17/h1-6,8H,7H2. The maximum absolute atomic E-state index is 13.2. The minimum atomic E-state index is -0.467. The van der Waals surface area contributed by atoms with Gasteiger partial charge in [0.1, 0.15) is 11.3 Å². The fraction of sp³-hybridized carbons (Fsp3) is 0.0667. The summed E-state index contributed by atoms with van der Waals surface area (Å²) in [6.45, 7) is 0.387. The van der Waals surface area contributed by atoms with Crippen LogP contribution in [-0.2, 0) is 6.54 Å². The van der Waals surface area contributed by atoms with Gasteiger partial charge in [0.05, 0.1) is 17.1 Å². The van der Waals surface area contributed by atoms with Gasteiger partial charge in [-0.3, -0.25) is 4.79 Å². The molecular weight excluding hydrogens is 314 g/mol. The fourth-order valence-corrected chi connectivity index (χ4v) is 2.64. The lowest BCUT2D eigenvalue weighted by Crippen LogP contribution is -2.00. The van der Waals surface area contributed by atoms with Crippen LogP contribution in [-0.4, -0.2) is 15.8 Å². The molecule has 0 bridgehead atoms. The topological polar surface area (TPSA) is 34.9 Å². The summed E-state index contributed by atoms with van der Waals surface area (Å²) in [5.74, 6) is -0.467. The zero-order valence-electron chi connectivity index (χ0n) is 10.7. The average Bonchev–Trinajstić information content (AvgIpc) is 2.79. The van der Waals surface area contributed by atoms with E-state index >= 15 is 0 Å². The number of carbonyl (C=O) groups is 1. The zero-order valence-corrected chi connectivity index (χ0v) is 12.2. The van der Waals surface area contributed by atoms with Crippen molar-refractivity contribution in [2.45, 2.75) is 6.54 Å². The molecule has 106 valence electrons. The van der Waals surface area contributed by atoms with E-state index in [2.05, 4.69) is 4.98 Å². The molecule has 2 aromatic carbocycles. The molecule has 0 fully saturated rings. The summed E-state index contributed by atoms with van der Waals surface area (Å²) in [5.41, 5.74) is 2.56. The van der Waals surface area contributed by atoms with Crippen LogP contribution < -0.4 is 0 Å². The first-order chi connectivity index (χ1) is 10.1. The van der Waals surface area contributed by atoms with Crippen LogP contribution in [0.25, 0.3) is 11.0 Å². The molecule has 1 aromatic heterocycles. The molecule has 0 aliphatic rings. The number of nitrogens with zero attached hydrogens (tertiary/aromatic N) is 2. The van der Waals surface area contributed by atoms with Crippen molar-refractivity contribution < 1.29 is 9.18 Å². The van der Waals surface area contributed by atoms with Crippen molar-refractivity contribution in [2.75, 3.05) is 0 Å². The van der Waals surface area contributed by atoms with E-state index in [1.54, 1.807) is 28.8 Å². The first kappa shape index (κ1) is 14.0. The Labute approximate surface area is 129 Å². The number of hydrogen-bond acceptors (Lipinski definition) is 2. The highest BCUT2D eigenvalue weighted by Gasteiger charge is 2.12. The third-order valence-electron chi connectivity index (χ3n) is 3.22. The van der Waals surface area contributed by atoms with E-state index in [9.17, 15) is 9.18 Å². The van der Waals surface area contributed by atoms with Crippen molar-refractivity contribution in [3.63, 3.8) is 0 Å². The van der Waals surface area contributed by atoms with Gasteiger partial charge < -0.3 is 4.57 Å². The van der Waals surface area contributed by atoms with Gasteiger partial charge in [0.15, 0.2) is 6.29 Å². The maximum atomic E-state index is 13.2. The van der Waals surface area contributed by atoms with Crippen LogP contribution in [0, 0.1) is 5.82 Å². The molecule has 0 aliphatic heterocycles. The number of para-hydroxylation sites is 1. The first-order valence-electron chi connectivity index (χ1n) is 6.14. The van der Waals surface area contributed by atoms with Crippen LogP contribution in [0.4, 0.5) is 4.39 Å². The second-order valence-electron chi connectivity index (χ2n) is 4.55. The Bertz CT molecular complexity index is 845. The van der Waals surface area contributed by atoms with Crippen LogP contribution in [0.5, 0.6) is 0 Å². The normalized spacial score (nSPS) is 11.0. The molecule has 6 heteroatoms. The summed E-state index contributed by atoms with van der Waals surface area (Å²) < 4.78 is 14.9. The van der Waals surface area contributed by atoms with Gasteiger partial charge in [-0.2, -0.15) is 0 Å². The second-order valence-corrected chi connectivity index (χ2v) is 5.29. The molecule has 3 rings (SSSR count). The number of halogens is 3. The van der Waals surface area contributed by atoms with Gasteiger partial charge in [-0.05, 0) is 41.4 Å². The molecule has 0 radical (unpaired) electrons. The van der Waals surface area contributed by atoms with Gasteiger partial charge in [-0.15, -0.1) is 0 Å². The van der Waals surface area contributed by atoms with Gasteiger partial charge in [0, 0.05) is 5.56 Å². The third kappa shape index (κ3) is 2.52. The number of imidazole rings is 1. The summed E-state index contributed by atoms with van der Waals surface area (Å²) >= 11 is 11.9. The van der Waals surface area contributed by atoms with Crippen LogP contribution in [0.1, 0.15) is 15.9 Å². The van der Waals surface area contributed by atoms with Gasteiger partial charge >= 0.3 is 0 Å². The molecule has 0 N–H and O–H groups in total. The quantitative estimate of drug-likeness (QED) is 0.672. The molecule has 0 spiro atoms. The number of hydrogen-bond donors (Lipinski definition) is 0. The molecule has 0 saturated carbocycles. The number of aromatic nitrogens is 2. The van der Waals surface area contributed by atoms with Crippen molar-refractivity contribution in [1.82, 2.24) is 9.55 Å². The summed E-state index contributed by atoms with van der Waals surface area (Å²) in [6, 6.07) is 9.75. The van der Waals surface area contributed by atoms with Crippen molar-refractivity contribution in [3.05, 3.63) is 63.6 Å². The highest BCUT2D eigenvalue weighted by molar-refractivity contribution is 6.30. The Hall–Kier alpha value is -1.91. The SMILES string of the molecule is O=Cc1cccc2c1nc(Cl)n2Cc1ccc(F)c(Cl)c1. The molecule has 1 heterocycles. The fourth-order valence-electron chi connectivity index (χ4n) is 2.21. The number of carbonyl (C=O) groups excluding carboxylic acids is 1. The molecule has 0 aliphatic carbocycles. The molecule has 0 atom stereocenters. The first-order valence-corrected chi connectivity index (χ1v) is 6.89. The van der Waals surface area contributed by atoms with Gasteiger partial charge in [-0.25, -0.2) is 9.37 Å². The molecule has 0 saturated heterocycles. The molecule has 0 amide bonds. The summed E-state index contributed by atoms with van der Waals surface area (Å²) in [4.78, 5) is 15.2. The minimum absolute atomic E-state index is 0.0571. The van der Waals surface area contributed by atoms with E-state index in [-0.39, 0.29) is 10.3 Å². The van der Waals surface area contributed by atoms with Crippen LogP contribution in [0.3, 0.4) is 0 Å². The molecule has 3 nitrogen and oxygen atoms in total. The second kappa shape index (κ2) is 5.47. The minimum Gasteiger partial charge on any atom is -0.310 e. The lowest BCUT2D eigenvalue weighted by molar-refractivity contribution is 0.112. The average molecular weight is 323 g/mol. The van der Waals surface area contributed by atoms with Gasteiger partial charge in [0.2, 0.25) is 5.28 Å². The van der Waals surface area contributed by atoms with Crippen LogP contribution in [0.15, 0.2) is 36.4 Å². The monoisotopic (exact) mass is 322 g/mol. The van der Waals surface area contributed by atoms with E-state index in [0.717, 1.165) is 17.4 Å². The lowest BCUT2D eigenvalue weighted by atomic mass is 10.2. The van der Waals surface area contributed by atoms with Crippen molar-refractivity contribution in [1.29, 1.82) is 0 Å². The zero-order chi connectivity index (χ0) is 15.0. The third-order valence-corrected chi connectivity index (χ3v) is 3.79. The Balaban J connectivity index is 2.10. The van der Waals surface area contributed by atoms with Crippen molar-refractivity contribution in [2.24, 2.45) is 0 Å². The molecular formula is C15H9Cl2FN2O. The predicted octanol–water partition coefficient (Wildman–Crippen LogP) is 4.34. The Morgan fingerprint density at radius 1 is 1.24 bits per heavy atom. The van der Waals surface area contributed by atoms with E-state index in [1.165, 1.54) is 6.07 Å². The van der Waals surface area contributed by atoms with E-state index in [0.29, 0.717) is 17.6 Å². The highest BCUT2D eigenvalue weighted by Crippen LogP contribution is 2.24. The smallest absolute Gasteiger partial charge is 0.204 e. The van der Waals surface area contributed by atoms with Crippen LogP contribution in [0.2, 0.25) is 10.3 Å². The largest absolute Gasteiger partial charge is 0.310 e. The summed E-state index contributed by atoms with van der Waals surface area (Å²) in [6.07, 6.45) is 0.741. The van der Waals surface area contributed by atoms with E-state index < -0.39 is 5.82 Å². The highest BCUT2D eigenvalue weighted by atomic mass is 35.5. The number of aldehydes is 1. The number of rotatable bonds is 3. The molecule has 0 unspecified atom stereocenters. The van der Waals surface area contributed by atoms with E-state index in [1.807, 2.05) is 6.07 Å². The number of benzene rings is 2. The van der Waals surface area contributed by atoms with Crippen LogP contribution >= 0.6 is 23.2 Å². The Morgan fingerprint density at radius 3 is 2.76 bits per heavy atom. The molecule has 3 aromatic rings. The Morgan fingerprint density at radius 2 is 2.05 bits per heavy atom. The molecule has 21 heavy (non-hydrogen) atoms. The van der Waals surface area contributed by atoms with Gasteiger partial charge in [-0.1, -0.05) is 23.7 Å². The summed E-state index contributed by atoms with van der Waals surface area (Å²) in [5, 5.41) is 0.321. The van der Waals surface area contributed by atoms with Crippen molar-refractivity contribution in [3.8, 4) is 0 Å². The lowest BCUT2D eigenvalue weighted by Gasteiger charge is -2.07.